The van der Waals surface area contributed by atoms with Crippen LogP contribution >= 0.6 is 0 Å². The Kier molecular flexibility index (Phi) is 5.51. The molecular formula is C21H29N3O3S. The van der Waals surface area contributed by atoms with Gasteiger partial charge in [0, 0.05) is 23.6 Å². The highest BCUT2D eigenvalue weighted by Gasteiger charge is 2.60. The van der Waals surface area contributed by atoms with Gasteiger partial charge in [-0.3, -0.25) is 4.79 Å². The van der Waals surface area contributed by atoms with Crippen LogP contribution in [-0.2, 0) is 14.8 Å². The molecular weight excluding hydrogens is 374 g/mol. The lowest BCUT2D eigenvalue weighted by Crippen LogP contribution is -2.38. The van der Waals surface area contributed by atoms with Crippen LogP contribution < -0.4 is 5.43 Å². The van der Waals surface area contributed by atoms with Gasteiger partial charge in [0.05, 0.1) is 6.54 Å². The zero-order valence-corrected chi connectivity index (χ0v) is 17.8. The molecule has 152 valence electrons. The normalized spacial score (nSPS) is 27.8. The first-order valence-corrected chi connectivity index (χ1v) is 11.1. The highest BCUT2D eigenvalue weighted by molar-refractivity contribution is 7.92. The fourth-order valence-electron chi connectivity index (χ4n) is 4.39. The van der Waals surface area contributed by atoms with E-state index in [1.807, 2.05) is 30.3 Å². The van der Waals surface area contributed by atoms with Crippen molar-refractivity contribution in [2.75, 3.05) is 13.6 Å². The number of benzene rings is 1. The average Bonchev–Trinajstić information content (AvgIpc) is 2.99. The number of fused-ring (bicyclic) bond motifs is 2. The quantitative estimate of drug-likeness (QED) is 0.741. The Morgan fingerprint density at radius 2 is 1.96 bits per heavy atom. The van der Waals surface area contributed by atoms with Crippen LogP contribution in [0, 0.1) is 16.7 Å². The number of nitrogens with one attached hydrogen (secondary N) is 1. The molecule has 0 heterocycles. The third-order valence-corrected chi connectivity index (χ3v) is 8.34. The second-order valence-corrected chi connectivity index (χ2v) is 10.5. The number of sulfonamides is 1. The Morgan fingerprint density at radius 3 is 2.54 bits per heavy atom. The van der Waals surface area contributed by atoms with Crippen molar-refractivity contribution in [3.63, 3.8) is 0 Å². The standard InChI is InChI=1S/C21H29N3O3S/c1-20(2)17-10-12-21(20,3)18(14-17)22-23-19(25)15-24(4)28(26,27)13-11-16-8-6-5-7-9-16/h5-9,11,13,17H,10,12,14-15H2,1-4H3,(H,23,25)/b13-11+,22-18-/t17-,21+/m0/s1. The lowest BCUT2D eigenvalue weighted by atomic mass is 9.70. The van der Waals surface area contributed by atoms with Crippen LogP contribution in [0.5, 0.6) is 0 Å². The third-order valence-electron chi connectivity index (χ3n) is 6.86. The van der Waals surface area contributed by atoms with Crippen LogP contribution in [0.25, 0.3) is 6.08 Å². The summed E-state index contributed by atoms with van der Waals surface area (Å²) in [7, 11) is -2.30. The molecule has 2 aliphatic carbocycles. The monoisotopic (exact) mass is 403 g/mol. The van der Waals surface area contributed by atoms with Crippen molar-refractivity contribution < 1.29 is 13.2 Å². The summed E-state index contributed by atoms with van der Waals surface area (Å²) < 4.78 is 25.7. The van der Waals surface area contributed by atoms with Crippen LogP contribution in [-0.4, -0.2) is 37.9 Å². The molecule has 7 heteroatoms. The number of hydrazone groups is 1. The topological polar surface area (TPSA) is 78.8 Å². The summed E-state index contributed by atoms with van der Waals surface area (Å²) in [4.78, 5) is 12.3. The van der Waals surface area contributed by atoms with E-state index in [2.05, 4.69) is 31.3 Å². The van der Waals surface area contributed by atoms with Gasteiger partial charge in [-0.2, -0.15) is 9.41 Å². The largest absolute Gasteiger partial charge is 0.272 e. The Balaban J connectivity index is 1.60. The number of rotatable bonds is 6. The molecule has 2 atom stereocenters. The number of hydrogen-bond acceptors (Lipinski definition) is 4. The van der Waals surface area contributed by atoms with E-state index in [0.717, 1.165) is 33.8 Å². The lowest BCUT2D eigenvalue weighted by molar-refractivity contribution is -0.121. The van der Waals surface area contributed by atoms with Crippen molar-refractivity contribution in [1.29, 1.82) is 0 Å². The molecule has 1 aromatic rings. The highest BCUT2D eigenvalue weighted by Crippen LogP contribution is 2.63. The summed E-state index contributed by atoms with van der Waals surface area (Å²) in [5.41, 5.74) is 4.55. The zero-order valence-electron chi connectivity index (χ0n) is 17.0. The first kappa shape index (κ1) is 20.7. The summed E-state index contributed by atoms with van der Waals surface area (Å²) in [5.74, 6) is 0.162. The van der Waals surface area contributed by atoms with E-state index in [4.69, 9.17) is 0 Å². The van der Waals surface area contributed by atoms with Crippen molar-refractivity contribution >= 4 is 27.7 Å². The van der Waals surface area contributed by atoms with Gasteiger partial charge in [-0.1, -0.05) is 51.1 Å². The molecule has 2 aliphatic rings. The summed E-state index contributed by atoms with van der Waals surface area (Å²) in [5, 5.41) is 5.49. The minimum absolute atomic E-state index is 0.00134. The summed E-state index contributed by atoms with van der Waals surface area (Å²) in [6.45, 7) is 6.49. The molecule has 2 fully saturated rings. The fraction of sp³-hybridized carbons (Fsp3) is 0.524. The van der Waals surface area contributed by atoms with Gasteiger partial charge in [0.1, 0.15) is 0 Å². The van der Waals surface area contributed by atoms with Gasteiger partial charge in [0.15, 0.2) is 0 Å². The molecule has 1 amide bonds. The van der Waals surface area contributed by atoms with Gasteiger partial charge in [0.25, 0.3) is 5.91 Å². The second kappa shape index (κ2) is 7.44. The lowest BCUT2D eigenvalue weighted by Gasteiger charge is -2.34. The van der Waals surface area contributed by atoms with E-state index < -0.39 is 15.9 Å². The molecule has 0 aromatic heterocycles. The molecule has 2 saturated carbocycles. The van der Waals surface area contributed by atoms with Crippen LogP contribution in [0.3, 0.4) is 0 Å². The molecule has 28 heavy (non-hydrogen) atoms. The first-order valence-electron chi connectivity index (χ1n) is 9.61. The second-order valence-electron chi connectivity index (χ2n) is 8.60. The molecule has 0 spiro atoms. The predicted octanol–water partition coefficient (Wildman–Crippen LogP) is 3.24. The number of nitrogens with zero attached hydrogens (tertiary/aromatic N) is 2. The number of likely N-dealkylation sites (N-methyl/N-ethyl adjacent to an activating group) is 1. The first-order chi connectivity index (χ1) is 13.1. The van der Waals surface area contributed by atoms with Crippen LogP contribution in [0.4, 0.5) is 0 Å². The molecule has 3 rings (SSSR count). The van der Waals surface area contributed by atoms with Crippen molar-refractivity contribution in [1.82, 2.24) is 9.73 Å². The van der Waals surface area contributed by atoms with Crippen molar-refractivity contribution in [2.24, 2.45) is 21.8 Å². The minimum Gasteiger partial charge on any atom is -0.272 e. The van der Waals surface area contributed by atoms with Gasteiger partial charge in [0.2, 0.25) is 10.0 Å². The Labute approximate surface area is 167 Å². The van der Waals surface area contributed by atoms with E-state index in [9.17, 15) is 13.2 Å². The van der Waals surface area contributed by atoms with Crippen LogP contribution in [0.15, 0.2) is 40.8 Å². The number of amides is 1. The molecule has 2 bridgehead atoms. The Hall–Kier alpha value is -1.99. The Morgan fingerprint density at radius 1 is 1.29 bits per heavy atom. The van der Waals surface area contributed by atoms with E-state index >= 15 is 0 Å². The predicted molar refractivity (Wildman–Crippen MR) is 112 cm³/mol. The van der Waals surface area contributed by atoms with Gasteiger partial charge < -0.3 is 0 Å². The molecule has 1 aromatic carbocycles. The third kappa shape index (κ3) is 3.78. The minimum atomic E-state index is -3.69. The average molecular weight is 404 g/mol. The maximum atomic E-state index is 12.4. The molecule has 0 unspecified atom stereocenters. The summed E-state index contributed by atoms with van der Waals surface area (Å²) >= 11 is 0. The van der Waals surface area contributed by atoms with Gasteiger partial charge in [-0.15, -0.1) is 0 Å². The van der Waals surface area contributed by atoms with Crippen molar-refractivity contribution in [3.8, 4) is 0 Å². The molecule has 0 saturated heterocycles. The van der Waals surface area contributed by atoms with E-state index in [-0.39, 0.29) is 17.4 Å². The number of hydrogen-bond donors (Lipinski definition) is 1. The van der Waals surface area contributed by atoms with Crippen molar-refractivity contribution in [2.45, 2.75) is 40.0 Å². The van der Waals surface area contributed by atoms with Gasteiger partial charge in [-0.05, 0) is 42.2 Å². The summed E-state index contributed by atoms with van der Waals surface area (Å²) in [6.07, 6.45) is 4.70. The Bertz CT molecular complexity index is 906. The number of carbonyl (C=O) groups is 1. The maximum absolute atomic E-state index is 12.4. The molecule has 6 nitrogen and oxygen atoms in total. The fourth-order valence-corrected chi connectivity index (χ4v) is 5.22. The van der Waals surface area contributed by atoms with E-state index in [0.29, 0.717) is 5.92 Å². The van der Waals surface area contributed by atoms with Gasteiger partial charge in [-0.25, -0.2) is 13.8 Å². The smallest absolute Gasteiger partial charge is 0.255 e. The molecule has 1 N–H and O–H groups in total. The number of carbonyl (C=O) groups excluding carboxylic acids is 1. The van der Waals surface area contributed by atoms with Gasteiger partial charge >= 0.3 is 0 Å². The summed E-state index contributed by atoms with van der Waals surface area (Å²) in [6, 6.07) is 9.15. The SMILES string of the molecule is CN(CC(=O)N/N=C1/C[C@@H]2CC[C@@]1(C)C2(C)C)S(=O)(=O)/C=C/c1ccccc1. The molecule has 0 radical (unpaired) electrons. The maximum Gasteiger partial charge on any atom is 0.255 e. The van der Waals surface area contributed by atoms with E-state index in [1.54, 1.807) is 0 Å². The van der Waals surface area contributed by atoms with Crippen LogP contribution in [0.2, 0.25) is 0 Å². The van der Waals surface area contributed by atoms with Crippen LogP contribution in [0.1, 0.15) is 45.6 Å². The zero-order chi connectivity index (χ0) is 20.6. The highest BCUT2D eigenvalue weighted by atomic mass is 32.2. The van der Waals surface area contributed by atoms with E-state index in [1.165, 1.54) is 19.5 Å². The van der Waals surface area contributed by atoms with Crippen molar-refractivity contribution in [3.05, 3.63) is 41.3 Å². The molecule has 0 aliphatic heterocycles.